The van der Waals surface area contributed by atoms with E-state index >= 15 is 0 Å². The molecule has 0 radical (unpaired) electrons. The molecule has 0 aliphatic carbocycles. The van der Waals surface area contributed by atoms with E-state index in [0.717, 1.165) is 25.2 Å². The Morgan fingerprint density at radius 1 is 1.24 bits per heavy atom. The number of nitrogens with one attached hydrogen (secondary N) is 2. The summed E-state index contributed by atoms with van der Waals surface area (Å²) in [6.45, 7) is 15.1. The third kappa shape index (κ3) is 6.67. The average molecular weight is 348 g/mol. The van der Waals surface area contributed by atoms with Crippen LogP contribution in [0.3, 0.4) is 0 Å². The smallest absolute Gasteiger partial charge is 0.408 e. The van der Waals surface area contributed by atoms with E-state index in [2.05, 4.69) is 53.6 Å². The molecule has 2 N–H and O–H groups in total. The van der Waals surface area contributed by atoms with E-state index < -0.39 is 5.60 Å². The molecular formula is C20H33N3O2. The number of carbonyl (C=O) groups is 1. The summed E-state index contributed by atoms with van der Waals surface area (Å²) < 4.78 is 5.31. The first-order valence-corrected chi connectivity index (χ1v) is 9.19. The van der Waals surface area contributed by atoms with E-state index in [-0.39, 0.29) is 12.1 Å². The van der Waals surface area contributed by atoms with Crippen LogP contribution in [0, 0.1) is 0 Å². The van der Waals surface area contributed by atoms with Gasteiger partial charge in [-0.2, -0.15) is 0 Å². The fraction of sp³-hybridized carbons (Fsp3) is 0.650. The molecule has 2 rings (SSSR count). The molecule has 3 atom stereocenters. The average Bonchev–Trinajstić information content (AvgIpc) is 2.44. The fourth-order valence-electron chi connectivity index (χ4n) is 3.31. The van der Waals surface area contributed by atoms with Gasteiger partial charge in [-0.1, -0.05) is 24.3 Å². The van der Waals surface area contributed by atoms with Crippen LogP contribution in [0.2, 0.25) is 0 Å². The van der Waals surface area contributed by atoms with Gasteiger partial charge in [-0.3, -0.25) is 4.90 Å². The van der Waals surface area contributed by atoms with Gasteiger partial charge in [0.05, 0.1) is 6.04 Å². The van der Waals surface area contributed by atoms with Crippen LogP contribution in [0.5, 0.6) is 0 Å². The van der Waals surface area contributed by atoms with Crippen molar-refractivity contribution in [1.29, 1.82) is 0 Å². The van der Waals surface area contributed by atoms with Gasteiger partial charge < -0.3 is 15.4 Å². The molecule has 0 aromatic heterocycles. The van der Waals surface area contributed by atoms with Gasteiger partial charge in [0, 0.05) is 31.7 Å². The van der Waals surface area contributed by atoms with Crippen molar-refractivity contribution in [2.75, 3.05) is 13.1 Å². The summed E-state index contributed by atoms with van der Waals surface area (Å²) in [5, 5.41) is 6.44. The van der Waals surface area contributed by atoms with Gasteiger partial charge in [-0.15, -0.1) is 0 Å². The van der Waals surface area contributed by atoms with Crippen LogP contribution in [0.25, 0.3) is 0 Å². The molecule has 1 saturated heterocycles. The van der Waals surface area contributed by atoms with Gasteiger partial charge in [0.25, 0.3) is 0 Å². The Morgan fingerprint density at radius 2 is 1.80 bits per heavy atom. The van der Waals surface area contributed by atoms with Crippen molar-refractivity contribution in [3.63, 3.8) is 0 Å². The van der Waals surface area contributed by atoms with Gasteiger partial charge >= 0.3 is 6.09 Å². The zero-order chi connectivity index (χ0) is 18.6. The summed E-state index contributed by atoms with van der Waals surface area (Å²) >= 11 is 0. The normalized spacial score (nSPS) is 23.1. The number of carbonyl (C=O) groups excluding carboxylic acids is 1. The van der Waals surface area contributed by atoms with E-state index in [0.29, 0.717) is 12.1 Å². The largest absolute Gasteiger partial charge is 0.444 e. The Bertz CT molecular complexity index is 555. The van der Waals surface area contributed by atoms with E-state index in [4.69, 9.17) is 4.74 Å². The molecule has 0 bridgehead atoms. The van der Waals surface area contributed by atoms with Gasteiger partial charge in [0.1, 0.15) is 5.60 Å². The minimum absolute atomic E-state index is 0.0804. The van der Waals surface area contributed by atoms with Crippen molar-refractivity contribution < 1.29 is 9.53 Å². The molecule has 1 aliphatic rings. The number of ether oxygens (including phenoxy) is 1. The maximum absolute atomic E-state index is 11.9. The van der Waals surface area contributed by atoms with Crippen LogP contribution in [-0.2, 0) is 11.3 Å². The van der Waals surface area contributed by atoms with Crippen LogP contribution >= 0.6 is 0 Å². The lowest BCUT2D eigenvalue weighted by Crippen LogP contribution is -2.53. The van der Waals surface area contributed by atoms with E-state index in [1.54, 1.807) is 0 Å². The van der Waals surface area contributed by atoms with Crippen LogP contribution in [0.15, 0.2) is 24.3 Å². The predicted octanol–water partition coefficient (Wildman–Crippen LogP) is 3.45. The first-order valence-electron chi connectivity index (χ1n) is 9.19. The van der Waals surface area contributed by atoms with Crippen LogP contribution < -0.4 is 10.6 Å². The number of piperazine rings is 1. The fourth-order valence-corrected chi connectivity index (χ4v) is 3.31. The second-order valence-corrected chi connectivity index (χ2v) is 8.27. The van der Waals surface area contributed by atoms with Crippen molar-refractivity contribution in [2.24, 2.45) is 0 Å². The number of benzene rings is 1. The molecule has 1 aromatic carbocycles. The highest BCUT2D eigenvalue weighted by atomic mass is 16.6. The minimum atomic E-state index is -0.481. The summed E-state index contributed by atoms with van der Waals surface area (Å²) in [5.74, 6) is 0. The van der Waals surface area contributed by atoms with Gasteiger partial charge in [0.15, 0.2) is 0 Å². The maximum Gasteiger partial charge on any atom is 0.408 e. The van der Waals surface area contributed by atoms with Gasteiger partial charge in [-0.25, -0.2) is 4.79 Å². The molecule has 1 aromatic rings. The van der Waals surface area contributed by atoms with Gasteiger partial charge in [-0.05, 0) is 52.7 Å². The molecule has 140 valence electrons. The number of rotatable bonds is 4. The van der Waals surface area contributed by atoms with Gasteiger partial charge in [0.2, 0.25) is 0 Å². The minimum Gasteiger partial charge on any atom is -0.444 e. The monoisotopic (exact) mass is 347 g/mol. The molecule has 5 heteroatoms. The Kier molecular flexibility index (Phi) is 6.47. The Hall–Kier alpha value is -1.59. The highest BCUT2D eigenvalue weighted by Crippen LogP contribution is 2.17. The van der Waals surface area contributed by atoms with E-state index in [9.17, 15) is 4.79 Å². The van der Waals surface area contributed by atoms with Crippen LogP contribution in [0.4, 0.5) is 4.79 Å². The highest BCUT2D eigenvalue weighted by Gasteiger charge is 2.21. The topological polar surface area (TPSA) is 53.6 Å². The summed E-state index contributed by atoms with van der Waals surface area (Å²) in [6, 6.07) is 9.46. The molecule has 0 saturated carbocycles. The number of alkyl carbamates (subject to hydrolysis) is 1. The van der Waals surface area contributed by atoms with Crippen molar-refractivity contribution in [3.8, 4) is 0 Å². The highest BCUT2D eigenvalue weighted by molar-refractivity contribution is 5.68. The summed E-state index contributed by atoms with van der Waals surface area (Å²) in [5.41, 5.74) is 1.90. The van der Waals surface area contributed by atoms with Crippen molar-refractivity contribution in [2.45, 2.75) is 71.8 Å². The standard InChI is InChI=1S/C20H33N3O2/c1-14-11-23(12-15(2)21-14)13-17-7-9-18(10-8-17)16(3)22-19(24)25-20(4,5)6/h7-10,14-16,21H,11-13H2,1-6H3,(H,22,24). The first kappa shape index (κ1) is 19.7. The maximum atomic E-state index is 11.9. The molecule has 1 aliphatic heterocycles. The van der Waals surface area contributed by atoms with Crippen LogP contribution in [0.1, 0.15) is 58.7 Å². The number of hydrogen-bond acceptors (Lipinski definition) is 4. The van der Waals surface area contributed by atoms with E-state index in [1.165, 1.54) is 5.56 Å². The first-order chi connectivity index (χ1) is 11.6. The SMILES string of the molecule is CC1CN(Cc2ccc(C(C)NC(=O)OC(C)(C)C)cc2)CC(C)N1. The predicted molar refractivity (Wildman–Crippen MR) is 102 cm³/mol. The molecular weight excluding hydrogens is 314 g/mol. The van der Waals surface area contributed by atoms with Crippen molar-refractivity contribution in [1.82, 2.24) is 15.5 Å². The number of hydrogen-bond donors (Lipinski definition) is 2. The summed E-state index contributed by atoms with van der Waals surface area (Å²) in [7, 11) is 0. The number of amides is 1. The number of nitrogens with zero attached hydrogens (tertiary/aromatic N) is 1. The quantitative estimate of drug-likeness (QED) is 0.876. The second kappa shape index (κ2) is 8.19. The van der Waals surface area contributed by atoms with Crippen molar-refractivity contribution >= 4 is 6.09 Å². The zero-order valence-electron chi connectivity index (χ0n) is 16.4. The molecule has 5 nitrogen and oxygen atoms in total. The lowest BCUT2D eigenvalue weighted by Gasteiger charge is -2.36. The molecule has 25 heavy (non-hydrogen) atoms. The molecule has 1 heterocycles. The molecule has 1 amide bonds. The lowest BCUT2D eigenvalue weighted by atomic mass is 10.0. The summed E-state index contributed by atoms with van der Waals surface area (Å²) in [4.78, 5) is 14.4. The van der Waals surface area contributed by atoms with Crippen molar-refractivity contribution in [3.05, 3.63) is 35.4 Å². The zero-order valence-corrected chi connectivity index (χ0v) is 16.4. The third-order valence-corrected chi connectivity index (χ3v) is 4.25. The molecule has 0 spiro atoms. The lowest BCUT2D eigenvalue weighted by molar-refractivity contribution is 0.0508. The summed E-state index contributed by atoms with van der Waals surface area (Å²) in [6.07, 6.45) is -0.382. The Labute approximate surface area is 152 Å². The van der Waals surface area contributed by atoms with E-state index in [1.807, 2.05) is 27.7 Å². The Balaban J connectivity index is 1.89. The van der Waals surface area contributed by atoms with Crippen LogP contribution in [-0.4, -0.2) is 41.8 Å². The molecule has 1 fully saturated rings. The Morgan fingerprint density at radius 3 is 2.32 bits per heavy atom. The molecule has 3 unspecified atom stereocenters. The second-order valence-electron chi connectivity index (χ2n) is 8.27. The third-order valence-electron chi connectivity index (χ3n) is 4.25.